The van der Waals surface area contributed by atoms with Crippen LogP contribution in [0, 0.1) is 0 Å². The first-order chi connectivity index (χ1) is 13.1. The van der Waals surface area contributed by atoms with Gasteiger partial charge in [-0.1, -0.05) is 0 Å². The van der Waals surface area contributed by atoms with Gasteiger partial charge in [-0.2, -0.15) is 10.2 Å². The maximum absolute atomic E-state index is 12.8. The minimum atomic E-state index is -0.215. The fraction of sp³-hybridized carbons (Fsp3) is 0.556. The van der Waals surface area contributed by atoms with Crippen molar-refractivity contribution in [2.24, 2.45) is 7.05 Å². The van der Waals surface area contributed by atoms with E-state index in [1.165, 1.54) is 0 Å². The molecule has 0 atom stereocenters. The number of rotatable bonds is 5. The van der Waals surface area contributed by atoms with Crippen molar-refractivity contribution in [3.05, 3.63) is 34.9 Å². The quantitative estimate of drug-likeness (QED) is 0.818. The van der Waals surface area contributed by atoms with E-state index in [-0.39, 0.29) is 11.8 Å². The Bertz CT molecular complexity index is 849. The number of carbonyl (C=O) groups is 2. The van der Waals surface area contributed by atoms with Gasteiger partial charge in [-0.3, -0.25) is 19.0 Å². The molecule has 144 valence electrons. The van der Waals surface area contributed by atoms with Gasteiger partial charge in [-0.25, -0.2) is 0 Å². The Morgan fingerprint density at radius 3 is 2.81 bits per heavy atom. The van der Waals surface area contributed by atoms with Crippen LogP contribution in [0.1, 0.15) is 45.1 Å². The van der Waals surface area contributed by atoms with E-state index >= 15 is 0 Å². The lowest BCUT2D eigenvalue weighted by Gasteiger charge is -2.17. The molecule has 0 saturated carbocycles. The lowest BCUT2D eigenvalue weighted by atomic mass is 10.1. The molecule has 2 aliphatic rings. The molecule has 0 spiro atoms. The number of likely N-dealkylation sites (tertiary alicyclic amines) is 1. The molecule has 0 bridgehead atoms. The monoisotopic (exact) mass is 372 g/mol. The Labute approximate surface area is 157 Å². The van der Waals surface area contributed by atoms with Crippen LogP contribution in [0.5, 0.6) is 0 Å². The molecule has 2 aromatic rings. The van der Waals surface area contributed by atoms with Gasteiger partial charge in [0, 0.05) is 50.6 Å². The third-order valence-corrected chi connectivity index (χ3v) is 5.05. The van der Waals surface area contributed by atoms with E-state index in [0.717, 1.165) is 43.6 Å². The fourth-order valence-electron chi connectivity index (χ4n) is 3.64. The van der Waals surface area contributed by atoms with Gasteiger partial charge in [0.05, 0.1) is 19.8 Å². The Morgan fingerprint density at radius 1 is 1.26 bits per heavy atom. The molecule has 2 amide bonds. The highest BCUT2D eigenvalue weighted by Gasteiger charge is 2.29. The molecule has 9 heteroatoms. The van der Waals surface area contributed by atoms with Crippen molar-refractivity contribution in [3.8, 4) is 0 Å². The maximum atomic E-state index is 12.8. The predicted octanol–water partition coefficient (Wildman–Crippen LogP) is 0.355. The molecule has 4 rings (SSSR count). The van der Waals surface area contributed by atoms with Gasteiger partial charge >= 0.3 is 0 Å². The zero-order chi connectivity index (χ0) is 18.8. The molecule has 1 N–H and O–H groups in total. The molecule has 4 heterocycles. The van der Waals surface area contributed by atoms with Crippen LogP contribution in [-0.2, 0) is 31.4 Å². The zero-order valence-electron chi connectivity index (χ0n) is 15.5. The van der Waals surface area contributed by atoms with Crippen LogP contribution in [-0.4, -0.2) is 62.5 Å². The van der Waals surface area contributed by atoms with Crippen molar-refractivity contribution >= 4 is 11.8 Å². The third kappa shape index (κ3) is 3.59. The first-order valence-electron chi connectivity index (χ1n) is 9.37. The minimum absolute atomic E-state index is 0.00878. The fourth-order valence-corrected chi connectivity index (χ4v) is 3.64. The van der Waals surface area contributed by atoms with E-state index in [9.17, 15) is 9.59 Å². The highest BCUT2D eigenvalue weighted by atomic mass is 16.5. The number of fused-ring (bicyclic) bond motifs is 1. The van der Waals surface area contributed by atoms with E-state index in [0.29, 0.717) is 37.7 Å². The van der Waals surface area contributed by atoms with Crippen molar-refractivity contribution in [1.82, 2.24) is 29.8 Å². The molecule has 0 unspecified atom stereocenters. The molecule has 0 radical (unpaired) electrons. The lowest BCUT2D eigenvalue weighted by molar-refractivity contribution is 0.0772. The molecule has 1 saturated heterocycles. The predicted molar refractivity (Wildman–Crippen MR) is 96.3 cm³/mol. The van der Waals surface area contributed by atoms with Gasteiger partial charge in [0.15, 0.2) is 5.69 Å². The van der Waals surface area contributed by atoms with Gasteiger partial charge < -0.3 is 15.0 Å². The highest BCUT2D eigenvalue weighted by Crippen LogP contribution is 2.23. The summed E-state index contributed by atoms with van der Waals surface area (Å²) in [7, 11) is 1.77. The van der Waals surface area contributed by atoms with Crippen LogP contribution >= 0.6 is 0 Å². The molecule has 9 nitrogen and oxygen atoms in total. The number of hydrogen-bond acceptors (Lipinski definition) is 5. The highest BCUT2D eigenvalue weighted by molar-refractivity contribution is 5.94. The van der Waals surface area contributed by atoms with Gasteiger partial charge in [0.2, 0.25) is 0 Å². The molecule has 2 aromatic heterocycles. The number of ether oxygens (including phenoxy) is 1. The number of nitrogens with zero attached hydrogens (tertiary/aromatic N) is 5. The van der Waals surface area contributed by atoms with Crippen LogP contribution in [0.4, 0.5) is 0 Å². The van der Waals surface area contributed by atoms with Crippen LogP contribution < -0.4 is 5.32 Å². The maximum Gasteiger partial charge on any atom is 0.274 e. The van der Waals surface area contributed by atoms with Crippen molar-refractivity contribution in [2.75, 3.05) is 26.2 Å². The van der Waals surface area contributed by atoms with Crippen molar-refractivity contribution in [1.29, 1.82) is 0 Å². The van der Waals surface area contributed by atoms with Gasteiger partial charge in [0.25, 0.3) is 11.8 Å². The Morgan fingerprint density at radius 2 is 2.07 bits per heavy atom. The van der Waals surface area contributed by atoms with E-state index in [2.05, 4.69) is 15.5 Å². The van der Waals surface area contributed by atoms with E-state index in [4.69, 9.17) is 4.74 Å². The molecular weight excluding hydrogens is 348 g/mol. The van der Waals surface area contributed by atoms with E-state index in [1.807, 2.05) is 9.58 Å². The normalized spacial score (nSPS) is 16.4. The van der Waals surface area contributed by atoms with Crippen LogP contribution in [0.2, 0.25) is 0 Å². The topological polar surface area (TPSA) is 94.3 Å². The van der Waals surface area contributed by atoms with E-state index < -0.39 is 0 Å². The first-order valence-corrected chi connectivity index (χ1v) is 9.37. The number of aryl methyl sites for hydroxylation is 1. The standard InChI is InChI=1S/C18H24N6O3/c1-22-9-4-14(20-22)17(25)19-6-10-24-15-5-11-27-12-13(15)16(21-24)18(26)23-7-2-3-8-23/h4,9H,2-3,5-8,10-12H2,1H3,(H,19,25). The Balaban J connectivity index is 1.46. The number of amides is 2. The summed E-state index contributed by atoms with van der Waals surface area (Å²) in [5, 5.41) is 11.5. The number of carbonyl (C=O) groups excluding carboxylic acids is 2. The second-order valence-corrected chi connectivity index (χ2v) is 6.93. The van der Waals surface area contributed by atoms with Gasteiger partial charge in [-0.15, -0.1) is 0 Å². The smallest absolute Gasteiger partial charge is 0.274 e. The summed E-state index contributed by atoms with van der Waals surface area (Å²) in [6, 6.07) is 1.68. The molecule has 27 heavy (non-hydrogen) atoms. The first kappa shape index (κ1) is 17.7. The summed E-state index contributed by atoms with van der Waals surface area (Å²) in [4.78, 5) is 26.8. The van der Waals surface area contributed by atoms with Crippen molar-refractivity contribution in [3.63, 3.8) is 0 Å². The second kappa shape index (κ2) is 7.51. The lowest BCUT2D eigenvalue weighted by Crippen LogP contribution is -2.29. The van der Waals surface area contributed by atoms with Gasteiger partial charge in [-0.05, 0) is 18.9 Å². The van der Waals surface area contributed by atoms with Gasteiger partial charge in [0.1, 0.15) is 5.69 Å². The summed E-state index contributed by atoms with van der Waals surface area (Å²) >= 11 is 0. The van der Waals surface area contributed by atoms with Crippen LogP contribution in [0.15, 0.2) is 12.3 Å². The molecule has 1 fully saturated rings. The average molecular weight is 372 g/mol. The van der Waals surface area contributed by atoms with Crippen LogP contribution in [0.25, 0.3) is 0 Å². The largest absolute Gasteiger partial charge is 0.376 e. The number of aromatic nitrogens is 4. The Hall–Kier alpha value is -2.68. The summed E-state index contributed by atoms with van der Waals surface area (Å²) in [5.74, 6) is -0.223. The molecular formula is C18H24N6O3. The van der Waals surface area contributed by atoms with Crippen LogP contribution in [0.3, 0.4) is 0 Å². The SMILES string of the molecule is Cn1ccc(C(=O)NCCn2nc(C(=O)N3CCCC3)c3c2CCOC3)n1. The second-order valence-electron chi connectivity index (χ2n) is 6.93. The minimum Gasteiger partial charge on any atom is -0.376 e. The summed E-state index contributed by atoms with van der Waals surface area (Å²) in [6.45, 7) is 3.56. The Kier molecular flexibility index (Phi) is 4.93. The molecule has 0 aliphatic carbocycles. The summed E-state index contributed by atoms with van der Waals surface area (Å²) in [6.07, 6.45) is 4.55. The molecule has 0 aromatic carbocycles. The molecule has 2 aliphatic heterocycles. The summed E-state index contributed by atoms with van der Waals surface area (Å²) < 4.78 is 9.00. The van der Waals surface area contributed by atoms with Crippen molar-refractivity contribution in [2.45, 2.75) is 32.4 Å². The summed E-state index contributed by atoms with van der Waals surface area (Å²) in [5.41, 5.74) is 2.83. The average Bonchev–Trinajstić information content (AvgIpc) is 3.41. The number of nitrogens with one attached hydrogen (secondary N) is 1. The number of hydrogen-bond donors (Lipinski definition) is 1. The third-order valence-electron chi connectivity index (χ3n) is 5.05. The van der Waals surface area contributed by atoms with E-state index in [1.54, 1.807) is 24.0 Å². The zero-order valence-corrected chi connectivity index (χ0v) is 15.5. The van der Waals surface area contributed by atoms with Crippen molar-refractivity contribution < 1.29 is 14.3 Å².